The molecule has 1 aromatic heterocycles. The first-order valence-electron chi connectivity index (χ1n) is 4.56. The predicted molar refractivity (Wildman–Crippen MR) is 58.9 cm³/mol. The Morgan fingerprint density at radius 2 is 2.12 bits per heavy atom. The van der Waals surface area contributed by atoms with Crippen LogP contribution in [0.4, 0.5) is 0 Å². The molecule has 0 atom stereocenters. The van der Waals surface area contributed by atoms with Gasteiger partial charge in [-0.05, 0) is 0 Å². The Morgan fingerprint density at radius 1 is 1.50 bits per heavy atom. The molecule has 2 rings (SSSR count). The number of carbonyl (C=O) groups is 1. The molecule has 0 saturated carbocycles. The minimum Gasteiger partial charge on any atom is -0.436 e. The molecule has 1 aromatic rings. The van der Waals surface area contributed by atoms with Crippen LogP contribution in [0.1, 0.15) is 24.2 Å². The fourth-order valence-electron chi connectivity index (χ4n) is 1.43. The molecule has 0 amide bonds. The number of rotatable bonds is 1. The molecule has 5 nitrogen and oxygen atoms in total. The second-order valence-electron chi connectivity index (χ2n) is 4.31. The largest absolute Gasteiger partial charge is 0.436 e. The third kappa shape index (κ3) is 1.79. The van der Waals surface area contributed by atoms with Gasteiger partial charge in [0.2, 0.25) is 5.09 Å². The molecule has 1 aliphatic heterocycles. The first kappa shape index (κ1) is 11.7. The quantitative estimate of drug-likeness (QED) is 0.821. The summed E-state index contributed by atoms with van der Waals surface area (Å²) in [5.41, 5.74) is -0.192. The van der Waals surface area contributed by atoms with Crippen LogP contribution in [0.3, 0.4) is 0 Å². The highest BCUT2D eigenvalue weighted by molar-refractivity contribution is 7.99. The van der Waals surface area contributed by atoms with Gasteiger partial charge in [-0.3, -0.25) is 4.79 Å². The SMILES string of the molecule is CC1(C)CSc2oc(S(N)(=O)=O)cc2C1=O. The highest BCUT2D eigenvalue weighted by Crippen LogP contribution is 2.41. The van der Waals surface area contributed by atoms with Crippen LogP contribution in [0.5, 0.6) is 0 Å². The highest BCUT2D eigenvalue weighted by Gasteiger charge is 2.38. The third-order valence-corrected chi connectivity index (χ3v) is 4.57. The zero-order valence-corrected chi connectivity index (χ0v) is 10.4. The van der Waals surface area contributed by atoms with E-state index in [0.29, 0.717) is 16.4 Å². The number of Topliss-reactive ketones (excluding diaryl/α,β-unsaturated/α-hetero) is 1. The Bertz CT molecular complexity index is 556. The minimum atomic E-state index is -3.89. The lowest BCUT2D eigenvalue weighted by atomic mass is 9.87. The maximum absolute atomic E-state index is 12.0. The summed E-state index contributed by atoms with van der Waals surface area (Å²) in [7, 11) is -3.89. The first-order chi connectivity index (χ1) is 7.22. The Hall–Kier alpha value is -0.790. The maximum Gasteiger partial charge on any atom is 0.271 e. The van der Waals surface area contributed by atoms with Gasteiger partial charge in [-0.15, -0.1) is 0 Å². The van der Waals surface area contributed by atoms with E-state index in [0.717, 1.165) is 0 Å². The number of primary sulfonamides is 1. The molecule has 0 aliphatic carbocycles. The van der Waals surface area contributed by atoms with Crippen molar-refractivity contribution < 1.29 is 17.6 Å². The van der Waals surface area contributed by atoms with E-state index in [1.54, 1.807) is 0 Å². The molecule has 1 aliphatic rings. The van der Waals surface area contributed by atoms with E-state index >= 15 is 0 Å². The van der Waals surface area contributed by atoms with Crippen molar-refractivity contribution in [2.24, 2.45) is 10.6 Å². The Morgan fingerprint density at radius 3 is 2.69 bits per heavy atom. The topological polar surface area (TPSA) is 90.4 Å². The van der Waals surface area contributed by atoms with Crippen LogP contribution in [0.2, 0.25) is 0 Å². The summed E-state index contributed by atoms with van der Waals surface area (Å²) in [6.07, 6.45) is 0. The number of fused-ring (bicyclic) bond motifs is 1. The smallest absolute Gasteiger partial charge is 0.271 e. The Labute approximate surface area is 97.4 Å². The number of carbonyl (C=O) groups excluding carboxylic acids is 1. The lowest BCUT2D eigenvalue weighted by Crippen LogP contribution is -2.29. The van der Waals surface area contributed by atoms with Crippen molar-refractivity contribution in [3.63, 3.8) is 0 Å². The average Bonchev–Trinajstić information content (AvgIpc) is 2.55. The number of ketones is 1. The molecule has 88 valence electrons. The highest BCUT2D eigenvalue weighted by atomic mass is 32.2. The van der Waals surface area contributed by atoms with Gasteiger partial charge in [0.25, 0.3) is 10.0 Å². The van der Waals surface area contributed by atoms with Gasteiger partial charge < -0.3 is 4.42 Å². The summed E-state index contributed by atoms with van der Waals surface area (Å²) >= 11 is 1.33. The van der Waals surface area contributed by atoms with E-state index in [1.165, 1.54) is 17.8 Å². The molecule has 0 spiro atoms. The zero-order chi connectivity index (χ0) is 12.1. The van der Waals surface area contributed by atoms with Crippen molar-refractivity contribution in [2.75, 3.05) is 5.75 Å². The molecule has 0 unspecified atom stereocenters. The van der Waals surface area contributed by atoms with E-state index in [2.05, 4.69) is 0 Å². The van der Waals surface area contributed by atoms with Crippen LogP contribution in [0.25, 0.3) is 0 Å². The van der Waals surface area contributed by atoms with Gasteiger partial charge in [0, 0.05) is 17.2 Å². The van der Waals surface area contributed by atoms with Crippen molar-refractivity contribution in [1.29, 1.82) is 0 Å². The molecular weight excluding hydrogens is 250 g/mol. The second kappa shape index (κ2) is 3.35. The van der Waals surface area contributed by atoms with Crippen molar-refractivity contribution in [1.82, 2.24) is 0 Å². The van der Waals surface area contributed by atoms with Crippen molar-refractivity contribution in [2.45, 2.75) is 24.0 Å². The van der Waals surface area contributed by atoms with Gasteiger partial charge in [0.1, 0.15) is 0 Å². The summed E-state index contributed by atoms with van der Waals surface area (Å²) in [6.45, 7) is 3.63. The average molecular weight is 261 g/mol. The molecule has 0 radical (unpaired) electrons. The van der Waals surface area contributed by atoms with Crippen LogP contribution in [0.15, 0.2) is 20.7 Å². The normalized spacial score (nSPS) is 19.6. The van der Waals surface area contributed by atoms with Gasteiger partial charge in [-0.25, -0.2) is 13.6 Å². The number of sulfonamides is 1. The Balaban J connectivity index is 2.56. The number of furan rings is 1. The van der Waals surface area contributed by atoms with Crippen LogP contribution in [-0.2, 0) is 10.0 Å². The van der Waals surface area contributed by atoms with Gasteiger partial charge >= 0.3 is 0 Å². The van der Waals surface area contributed by atoms with E-state index in [1.807, 2.05) is 13.8 Å². The zero-order valence-electron chi connectivity index (χ0n) is 8.81. The van der Waals surface area contributed by atoms with Crippen molar-refractivity contribution in [3.05, 3.63) is 11.6 Å². The number of hydrogen-bond donors (Lipinski definition) is 1. The van der Waals surface area contributed by atoms with Crippen LogP contribution >= 0.6 is 11.8 Å². The molecule has 2 N–H and O–H groups in total. The molecule has 2 heterocycles. The van der Waals surface area contributed by atoms with Crippen LogP contribution in [0, 0.1) is 5.41 Å². The fraction of sp³-hybridized carbons (Fsp3) is 0.444. The van der Waals surface area contributed by atoms with Crippen LogP contribution < -0.4 is 5.14 Å². The van der Waals surface area contributed by atoms with Gasteiger partial charge in [0.05, 0.1) is 5.56 Å². The van der Waals surface area contributed by atoms with Crippen molar-refractivity contribution in [3.8, 4) is 0 Å². The number of thioether (sulfide) groups is 1. The minimum absolute atomic E-state index is 0.111. The summed E-state index contributed by atoms with van der Waals surface area (Å²) < 4.78 is 27.2. The lowest BCUT2D eigenvalue weighted by Gasteiger charge is -2.25. The molecular formula is C9H11NO4S2. The molecule has 7 heteroatoms. The predicted octanol–water partition coefficient (Wildman–Crippen LogP) is 1.24. The standard InChI is InChI=1S/C9H11NO4S2/c1-9(2)4-15-8-5(7(9)11)3-6(14-8)16(10,12)13/h3H,4H2,1-2H3,(H2,10,12,13). The molecule has 0 fully saturated rings. The molecule has 16 heavy (non-hydrogen) atoms. The summed E-state index contributed by atoms with van der Waals surface area (Å²) in [5.74, 6) is 0.455. The van der Waals surface area contributed by atoms with Gasteiger partial charge in [-0.2, -0.15) is 0 Å². The first-order valence-corrected chi connectivity index (χ1v) is 7.09. The molecule has 0 saturated heterocycles. The van der Waals surface area contributed by atoms with Gasteiger partial charge in [0.15, 0.2) is 10.9 Å². The monoisotopic (exact) mass is 261 g/mol. The molecule has 0 aromatic carbocycles. The Kier molecular flexibility index (Phi) is 2.45. The van der Waals surface area contributed by atoms with Crippen LogP contribution in [-0.4, -0.2) is 20.0 Å². The van der Waals surface area contributed by atoms with E-state index < -0.39 is 15.4 Å². The van der Waals surface area contributed by atoms with Gasteiger partial charge in [-0.1, -0.05) is 25.6 Å². The summed E-state index contributed by atoms with van der Waals surface area (Å²) in [4.78, 5) is 12.0. The lowest BCUT2D eigenvalue weighted by molar-refractivity contribution is 0.0852. The van der Waals surface area contributed by atoms with E-state index in [-0.39, 0.29) is 10.9 Å². The third-order valence-electron chi connectivity index (χ3n) is 2.38. The summed E-state index contributed by atoms with van der Waals surface area (Å²) in [5, 5.41) is 4.93. The number of nitrogens with two attached hydrogens (primary N) is 1. The summed E-state index contributed by atoms with van der Waals surface area (Å²) in [6, 6.07) is 1.21. The van der Waals surface area contributed by atoms with E-state index in [4.69, 9.17) is 9.56 Å². The second-order valence-corrected chi connectivity index (χ2v) is 6.75. The maximum atomic E-state index is 12.0. The molecule has 0 bridgehead atoms. The van der Waals surface area contributed by atoms with Crippen molar-refractivity contribution >= 4 is 27.6 Å². The number of hydrogen-bond acceptors (Lipinski definition) is 5. The van der Waals surface area contributed by atoms with E-state index in [9.17, 15) is 13.2 Å². The fourth-order valence-corrected chi connectivity index (χ4v) is 3.05.